The fraction of sp³-hybridized carbons (Fsp3) is 0.556. The summed E-state index contributed by atoms with van der Waals surface area (Å²) in [6.07, 6.45) is 2.64. The number of sulfonamides is 1. The lowest BCUT2D eigenvalue weighted by Gasteiger charge is -2.29. The molecule has 1 aliphatic rings. The van der Waals surface area contributed by atoms with Crippen molar-refractivity contribution in [2.24, 2.45) is 5.92 Å². The van der Waals surface area contributed by atoms with Crippen molar-refractivity contribution >= 4 is 21.9 Å². The predicted octanol–water partition coefficient (Wildman–Crippen LogP) is 2.09. The Labute approximate surface area is 154 Å². The number of hydrogen-bond acceptors (Lipinski definition) is 4. The quantitative estimate of drug-likeness (QED) is 0.751. The minimum absolute atomic E-state index is 0.145. The van der Waals surface area contributed by atoms with Gasteiger partial charge in [0.1, 0.15) is 6.04 Å². The number of benzene rings is 1. The average Bonchev–Trinajstić information content (AvgIpc) is 2.61. The smallest absolute Gasteiger partial charge is 0.326 e. The largest absolute Gasteiger partial charge is 0.480 e. The van der Waals surface area contributed by atoms with E-state index in [9.17, 15) is 18.0 Å². The number of hydrogen-bond donors (Lipinski definition) is 2. The minimum atomic E-state index is -3.57. The molecule has 8 heteroatoms. The molecule has 1 aromatic carbocycles. The molecular weight excluding hydrogens is 356 g/mol. The number of nitrogens with one attached hydrogen (secondary N) is 1. The highest BCUT2D eigenvalue weighted by atomic mass is 32.2. The molecule has 2 rings (SSSR count). The number of piperidine rings is 1. The second kappa shape index (κ2) is 8.64. The molecule has 1 saturated heterocycles. The van der Waals surface area contributed by atoms with Crippen LogP contribution in [0.3, 0.4) is 0 Å². The molecule has 0 aliphatic carbocycles. The zero-order valence-electron chi connectivity index (χ0n) is 15.1. The van der Waals surface area contributed by atoms with Gasteiger partial charge in [-0.25, -0.2) is 13.2 Å². The Morgan fingerprint density at radius 2 is 1.81 bits per heavy atom. The topological polar surface area (TPSA) is 104 Å². The van der Waals surface area contributed by atoms with Crippen molar-refractivity contribution in [2.45, 2.75) is 50.5 Å². The van der Waals surface area contributed by atoms with Crippen LogP contribution in [0.25, 0.3) is 0 Å². The van der Waals surface area contributed by atoms with E-state index in [1.165, 1.54) is 28.6 Å². The summed E-state index contributed by atoms with van der Waals surface area (Å²) in [6.45, 7) is 4.95. The van der Waals surface area contributed by atoms with Crippen molar-refractivity contribution in [3.05, 3.63) is 29.8 Å². The van der Waals surface area contributed by atoms with E-state index >= 15 is 0 Å². The van der Waals surface area contributed by atoms with Crippen LogP contribution in [0.4, 0.5) is 0 Å². The van der Waals surface area contributed by atoms with Crippen molar-refractivity contribution in [3.8, 4) is 0 Å². The standard InChI is InChI=1S/C18H26N2O5S/c1-3-4-16(18(22)23)19-17(21)14-5-7-15(8-6-14)26(24,25)20-11-9-13(2)10-12-20/h5-8,13,16H,3-4,9-12H2,1-2H3,(H,19,21)(H,22,23). The molecule has 1 fully saturated rings. The van der Waals surface area contributed by atoms with E-state index in [-0.39, 0.29) is 10.5 Å². The van der Waals surface area contributed by atoms with Crippen LogP contribution in [0.2, 0.25) is 0 Å². The molecule has 0 radical (unpaired) electrons. The summed E-state index contributed by atoms with van der Waals surface area (Å²) < 4.78 is 26.8. The highest BCUT2D eigenvalue weighted by Crippen LogP contribution is 2.23. The first-order chi connectivity index (χ1) is 12.3. The normalized spacial score (nSPS) is 17.6. The maximum atomic E-state index is 12.7. The highest BCUT2D eigenvalue weighted by molar-refractivity contribution is 7.89. The fourth-order valence-electron chi connectivity index (χ4n) is 2.94. The fourth-order valence-corrected chi connectivity index (χ4v) is 4.41. The van der Waals surface area contributed by atoms with E-state index in [0.29, 0.717) is 31.8 Å². The van der Waals surface area contributed by atoms with Gasteiger partial charge in [0.2, 0.25) is 10.0 Å². The zero-order valence-corrected chi connectivity index (χ0v) is 16.0. The Bertz CT molecular complexity index is 737. The van der Waals surface area contributed by atoms with E-state index in [1.54, 1.807) is 0 Å². The van der Waals surface area contributed by atoms with Gasteiger partial charge in [-0.3, -0.25) is 4.79 Å². The van der Waals surface area contributed by atoms with E-state index in [4.69, 9.17) is 5.11 Å². The van der Waals surface area contributed by atoms with Gasteiger partial charge in [-0.05, 0) is 49.4 Å². The van der Waals surface area contributed by atoms with Crippen LogP contribution in [0.15, 0.2) is 29.2 Å². The van der Waals surface area contributed by atoms with Crippen molar-refractivity contribution in [3.63, 3.8) is 0 Å². The van der Waals surface area contributed by atoms with Crippen molar-refractivity contribution < 1.29 is 23.1 Å². The number of aliphatic carboxylic acids is 1. The second-order valence-corrected chi connectivity index (χ2v) is 8.70. The molecule has 26 heavy (non-hydrogen) atoms. The number of amides is 1. The monoisotopic (exact) mass is 382 g/mol. The number of carbonyl (C=O) groups is 2. The summed E-state index contributed by atoms with van der Waals surface area (Å²) in [5.41, 5.74) is 0.235. The molecule has 1 aromatic rings. The second-order valence-electron chi connectivity index (χ2n) is 6.76. The van der Waals surface area contributed by atoms with E-state index in [2.05, 4.69) is 12.2 Å². The molecule has 0 spiro atoms. The Balaban J connectivity index is 2.09. The van der Waals surface area contributed by atoms with Gasteiger partial charge < -0.3 is 10.4 Å². The minimum Gasteiger partial charge on any atom is -0.480 e. The number of carboxylic acids is 1. The summed E-state index contributed by atoms with van der Waals surface area (Å²) >= 11 is 0. The van der Waals surface area contributed by atoms with Crippen LogP contribution >= 0.6 is 0 Å². The number of carbonyl (C=O) groups excluding carboxylic acids is 1. The Morgan fingerprint density at radius 1 is 1.23 bits per heavy atom. The van der Waals surface area contributed by atoms with Gasteiger partial charge in [-0.1, -0.05) is 20.3 Å². The summed E-state index contributed by atoms with van der Waals surface area (Å²) in [5.74, 6) is -1.09. The molecule has 1 aliphatic heterocycles. The highest BCUT2D eigenvalue weighted by Gasteiger charge is 2.28. The van der Waals surface area contributed by atoms with Gasteiger partial charge in [-0.2, -0.15) is 4.31 Å². The van der Waals surface area contributed by atoms with Crippen molar-refractivity contribution in [1.82, 2.24) is 9.62 Å². The Hall–Kier alpha value is -1.93. The molecule has 144 valence electrons. The van der Waals surface area contributed by atoms with Gasteiger partial charge in [-0.15, -0.1) is 0 Å². The SMILES string of the molecule is CCCC(NC(=O)c1ccc(S(=O)(=O)N2CCC(C)CC2)cc1)C(=O)O. The predicted molar refractivity (Wildman–Crippen MR) is 97.4 cm³/mol. The van der Waals surface area contributed by atoms with Crippen molar-refractivity contribution in [1.29, 1.82) is 0 Å². The molecule has 0 aromatic heterocycles. The third-order valence-electron chi connectivity index (χ3n) is 4.68. The van der Waals surface area contributed by atoms with Crippen LogP contribution in [0.1, 0.15) is 49.9 Å². The number of carboxylic acid groups (broad SMARTS) is 1. The molecule has 2 N–H and O–H groups in total. The lowest BCUT2D eigenvalue weighted by Crippen LogP contribution is -2.40. The zero-order chi connectivity index (χ0) is 19.3. The van der Waals surface area contributed by atoms with Crippen molar-refractivity contribution in [2.75, 3.05) is 13.1 Å². The van der Waals surface area contributed by atoms with Crippen LogP contribution < -0.4 is 5.32 Å². The maximum absolute atomic E-state index is 12.7. The Kier molecular flexibility index (Phi) is 6.77. The Morgan fingerprint density at radius 3 is 2.31 bits per heavy atom. The molecule has 7 nitrogen and oxygen atoms in total. The first kappa shape index (κ1) is 20.4. The summed E-state index contributed by atoms with van der Waals surface area (Å²) in [6, 6.07) is 4.68. The number of nitrogens with zero attached hydrogens (tertiary/aromatic N) is 1. The van der Waals surface area contributed by atoms with Gasteiger partial charge in [0.05, 0.1) is 4.90 Å². The molecule has 1 amide bonds. The first-order valence-corrected chi connectivity index (χ1v) is 10.3. The summed E-state index contributed by atoms with van der Waals surface area (Å²) in [7, 11) is -3.57. The molecule has 0 saturated carbocycles. The van der Waals surface area contributed by atoms with E-state index in [1.807, 2.05) is 6.92 Å². The lowest BCUT2D eigenvalue weighted by atomic mass is 10.0. The molecule has 0 bridgehead atoms. The third kappa shape index (κ3) is 4.82. The van der Waals surface area contributed by atoms with Crippen LogP contribution in [-0.2, 0) is 14.8 Å². The average molecular weight is 382 g/mol. The van der Waals surface area contributed by atoms with Crippen LogP contribution in [0.5, 0.6) is 0 Å². The van der Waals surface area contributed by atoms with Gasteiger partial charge in [0.25, 0.3) is 5.91 Å². The van der Waals surface area contributed by atoms with Crippen LogP contribution in [0, 0.1) is 5.92 Å². The lowest BCUT2D eigenvalue weighted by molar-refractivity contribution is -0.139. The molecular formula is C18H26N2O5S. The van der Waals surface area contributed by atoms with Crippen LogP contribution in [-0.4, -0.2) is 48.8 Å². The molecule has 1 atom stereocenters. The van der Waals surface area contributed by atoms with Gasteiger partial charge in [0.15, 0.2) is 0 Å². The molecule has 1 unspecified atom stereocenters. The molecule has 1 heterocycles. The van der Waals surface area contributed by atoms with E-state index < -0.39 is 27.9 Å². The maximum Gasteiger partial charge on any atom is 0.326 e. The summed E-state index contributed by atoms with van der Waals surface area (Å²) in [5, 5.41) is 11.6. The van der Waals surface area contributed by atoms with E-state index in [0.717, 1.165) is 12.8 Å². The third-order valence-corrected chi connectivity index (χ3v) is 6.59. The van der Waals surface area contributed by atoms with Gasteiger partial charge in [0, 0.05) is 18.7 Å². The number of rotatable bonds is 7. The first-order valence-electron chi connectivity index (χ1n) is 8.89. The summed E-state index contributed by atoms with van der Waals surface area (Å²) in [4.78, 5) is 23.5. The van der Waals surface area contributed by atoms with Gasteiger partial charge >= 0.3 is 5.97 Å².